The van der Waals surface area contributed by atoms with E-state index in [-0.39, 0.29) is 12.6 Å². The van der Waals surface area contributed by atoms with E-state index in [0.717, 1.165) is 0 Å². The number of alkyl halides is 2. The summed E-state index contributed by atoms with van der Waals surface area (Å²) in [5, 5.41) is 17.2. The molecule has 1 rings (SSSR count). The second kappa shape index (κ2) is 8.85. The molecule has 0 radical (unpaired) electrons. The van der Waals surface area contributed by atoms with Gasteiger partial charge in [-0.25, -0.2) is 15.2 Å². The molecular weight excluding hydrogens is 421 g/mol. The van der Waals surface area contributed by atoms with Gasteiger partial charge in [0.1, 0.15) is 18.5 Å². The molecule has 0 aromatic carbocycles. The Morgan fingerprint density at radius 3 is 2.45 bits per heavy atom. The summed E-state index contributed by atoms with van der Waals surface area (Å²) < 4.78 is 17.7. The normalized spacial score (nSPS) is 11.7. The molecule has 0 amide bonds. The number of aromatic amines is 1. The predicted molar refractivity (Wildman–Crippen MR) is 81.2 cm³/mol. The summed E-state index contributed by atoms with van der Waals surface area (Å²) in [5.74, 6) is -0.375. The van der Waals surface area contributed by atoms with Crippen LogP contribution in [0.15, 0.2) is 6.20 Å². The topological polar surface area (TPSA) is 122 Å². The van der Waals surface area contributed by atoms with E-state index in [2.05, 4.69) is 52.0 Å². The lowest BCUT2D eigenvalue weighted by Crippen LogP contribution is -2.26. The minimum atomic E-state index is -3.21. The Balaban J connectivity index is 2.59. The van der Waals surface area contributed by atoms with Gasteiger partial charge in [-0.2, -0.15) is 0 Å². The Hall–Kier alpha value is -0.320. The van der Waals surface area contributed by atoms with Crippen LogP contribution in [-0.2, 0) is 15.7 Å². The predicted octanol–water partition coefficient (Wildman–Crippen LogP) is 1.91. The Morgan fingerprint density at radius 1 is 1.40 bits per heavy atom. The van der Waals surface area contributed by atoms with Crippen LogP contribution in [0.25, 0.3) is 0 Å². The molecular formula is C8H14Br2N5O4P. The number of hydrogen-bond acceptors (Lipinski definition) is 5. The van der Waals surface area contributed by atoms with Crippen molar-refractivity contribution in [3.8, 4) is 0 Å². The highest BCUT2D eigenvalue weighted by Gasteiger charge is 2.23. The lowest BCUT2D eigenvalue weighted by molar-refractivity contribution is -0.393. The number of hydrogen-bond donors (Lipinski definition) is 3. The van der Waals surface area contributed by atoms with Crippen molar-refractivity contribution in [1.82, 2.24) is 20.1 Å². The molecule has 1 heterocycles. The van der Waals surface area contributed by atoms with Gasteiger partial charge in [-0.3, -0.25) is 9.09 Å². The number of aromatic nitrogens is 2. The Kier molecular flexibility index (Phi) is 7.85. The van der Waals surface area contributed by atoms with Crippen molar-refractivity contribution < 1.29 is 14.0 Å². The molecule has 0 bridgehead atoms. The molecule has 0 aliphatic carbocycles. The van der Waals surface area contributed by atoms with Gasteiger partial charge >= 0.3 is 13.6 Å². The quantitative estimate of drug-likeness (QED) is 0.222. The number of rotatable bonds is 10. The number of nitrogens with one attached hydrogen (secondary N) is 3. The smallest absolute Gasteiger partial charge is 0.390 e. The van der Waals surface area contributed by atoms with E-state index in [0.29, 0.717) is 29.4 Å². The third kappa shape index (κ3) is 5.98. The fourth-order valence-electron chi connectivity index (χ4n) is 1.20. The van der Waals surface area contributed by atoms with Crippen LogP contribution >= 0.6 is 39.5 Å². The Labute approximate surface area is 132 Å². The van der Waals surface area contributed by atoms with Crippen molar-refractivity contribution in [2.75, 3.05) is 23.7 Å². The zero-order chi connectivity index (χ0) is 15.0. The third-order valence-electron chi connectivity index (χ3n) is 2.02. The molecule has 0 saturated heterocycles. The van der Waals surface area contributed by atoms with Crippen LogP contribution in [-0.4, -0.2) is 38.6 Å². The van der Waals surface area contributed by atoms with Gasteiger partial charge in [0.2, 0.25) is 0 Å². The molecule has 9 nitrogen and oxygen atoms in total. The first kappa shape index (κ1) is 17.7. The fourth-order valence-corrected chi connectivity index (χ4v) is 3.64. The van der Waals surface area contributed by atoms with Gasteiger partial charge in [-0.05, 0) is 4.92 Å². The van der Waals surface area contributed by atoms with Gasteiger partial charge < -0.3 is 10.1 Å². The summed E-state index contributed by atoms with van der Waals surface area (Å²) in [6.45, 7) is 0.827. The molecule has 12 heteroatoms. The van der Waals surface area contributed by atoms with Crippen molar-refractivity contribution in [3.63, 3.8) is 0 Å². The van der Waals surface area contributed by atoms with E-state index < -0.39 is 12.6 Å². The number of H-pyrrole nitrogens is 1. The van der Waals surface area contributed by atoms with Gasteiger partial charge in [0.15, 0.2) is 0 Å². The zero-order valence-electron chi connectivity index (χ0n) is 10.3. The first-order valence-electron chi connectivity index (χ1n) is 5.56. The lowest BCUT2D eigenvalue weighted by atomic mass is 10.5. The van der Waals surface area contributed by atoms with Crippen LogP contribution in [0.2, 0.25) is 0 Å². The summed E-state index contributed by atoms with van der Waals surface area (Å²) >= 11 is 6.44. The van der Waals surface area contributed by atoms with Gasteiger partial charge in [-0.1, -0.05) is 36.8 Å². The summed E-state index contributed by atoms with van der Waals surface area (Å²) in [7, 11) is -3.21. The van der Waals surface area contributed by atoms with Gasteiger partial charge in [0, 0.05) is 23.7 Å². The number of nitrogens with zero attached hydrogens (tertiary/aromatic N) is 2. The fraction of sp³-hybridized carbons (Fsp3) is 0.625. The van der Waals surface area contributed by atoms with Gasteiger partial charge in [0.25, 0.3) is 0 Å². The maximum Gasteiger partial charge on any atom is 0.432 e. The van der Waals surface area contributed by atoms with Crippen molar-refractivity contribution in [3.05, 3.63) is 22.0 Å². The van der Waals surface area contributed by atoms with Crippen molar-refractivity contribution >= 4 is 45.5 Å². The molecule has 0 aliphatic rings. The molecule has 0 unspecified atom stereocenters. The van der Waals surface area contributed by atoms with E-state index in [1.807, 2.05) is 0 Å². The maximum absolute atomic E-state index is 12.4. The minimum Gasteiger partial charge on any atom is -0.390 e. The van der Waals surface area contributed by atoms with E-state index in [4.69, 9.17) is 4.52 Å². The highest BCUT2D eigenvalue weighted by atomic mass is 79.9. The molecule has 0 aliphatic heterocycles. The maximum atomic E-state index is 12.4. The Morgan fingerprint density at radius 2 is 2.00 bits per heavy atom. The number of halogens is 2. The zero-order valence-corrected chi connectivity index (χ0v) is 14.4. The van der Waals surface area contributed by atoms with E-state index in [9.17, 15) is 14.7 Å². The minimum absolute atomic E-state index is 0.0807. The van der Waals surface area contributed by atoms with Crippen LogP contribution in [0.3, 0.4) is 0 Å². The average molecular weight is 435 g/mol. The van der Waals surface area contributed by atoms with Crippen LogP contribution in [0, 0.1) is 10.1 Å². The highest BCUT2D eigenvalue weighted by molar-refractivity contribution is 9.09. The second-order valence-electron chi connectivity index (χ2n) is 3.51. The Bertz CT molecular complexity index is 473. The number of imidazole rings is 1. The van der Waals surface area contributed by atoms with E-state index in [1.54, 1.807) is 0 Å². The summed E-state index contributed by atoms with van der Waals surface area (Å²) in [6.07, 6.45) is 1.28. The molecule has 0 atom stereocenters. The summed E-state index contributed by atoms with van der Waals surface area (Å²) in [4.78, 5) is 15.9. The molecule has 3 N–H and O–H groups in total. The second-order valence-corrected chi connectivity index (χ2v) is 7.09. The van der Waals surface area contributed by atoms with Crippen LogP contribution in [0.5, 0.6) is 0 Å². The molecule has 0 saturated carbocycles. The van der Waals surface area contributed by atoms with Crippen LogP contribution in [0.4, 0.5) is 5.95 Å². The molecule has 114 valence electrons. The average Bonchev–Trinajstić information content (AvgIpc) is 2.90. The highest BCUT2D eigenvalue weighted by Crippen LogP contribution is 2.38. The van der Waals surface area contributed by atoms with Crippen molar-refractivity contribution in [1.29, 1.82) is 0 Å². The third-order valence-corrected chi connectivity index (χ3v) is 4.58. The van der Waals surface area contributed by atoms with Crippen molar-refractivity contribution in [2.45, 2.75) is 6.61 Å². The molecule has 1 aromatic rings. The lowest BCUT2D eigenvalue weighted by Gasteiger charge is -2.19. The summed E-state index contributed by atoms with van der Waals surface area (Å²) in [6, 6.07) is 0. The van der Waals surface area contributed by atoms with Crippen LogP contribution in [0.1, 0.15) is 5.69 Å². The van der Waals surface area contributed by atoms with Crippen molar-refractivity contribution in [2.24, 2.45) is 0 Å². The molecule has 1 aromatic heterocycles. The molecule has 20 heavy (non-hydrogen) atoms. The molecule has 0 spiro atoms. The first-order chi connectivity index (χ1) is 9.50. The first-order valence-corrected chi connectivity index (χ1v) is 9.42. The van der Waals surface area contributed by atoms with Crippen LogP contribution < -0.4 is 10.2 Å². The van der Waals surface area contributed by atoms with E-state index in [1.165, 1.54) is 6.20 Å². The van der Waals surface area contributed by atoms with Gasteiger partial charge in [-0.15, -0.1) is 0 Å². The number of nitro groups is 1. The molecule has 0 fully saturated rings. The largest absolute Gasteiger partial charge is 0.432 e. The standard InChI is InChI=1S/C8H14Br2N5O4P/c9-1-3-12-20(18,13-4-2-10)19-6-7-5-11-8(14-7)15(16)17/h5H,1-4,6H2,(H,11,14)(H2,12,13,18). The van der Waals surface area contributed by atoms with Gasteiger partial charge in [0.05, 0.1) is 0 Å². The summed E-state index contributed by atoms with van der Waals surface area (Å²) in [5.41, 5.74) is 0.373. The van der Waals surface area contributed by atoms with E-state index >= 15 is 0 Å². The SMILES string of the molecule is O=[N+]([O-])c1ncc(COP(=O)(NCCBr)NCCBr)[nH]1. The monoisotopic (exact) mass is 433 g/mol.